The highest BCUT2D eigenvalue weighted by Gasteiger charge is 2.14. The number of rotatable bonds is 3. The Bertz CT molecular complexity index is 223. The number of pyridine rings is 1. The highest BCUT2D eigenvalue weighted by atomic mass is 16.3. The summed E-state index contributed by atoms with van der Waals surface area (Å²) in [7, 11) is 0. The Labute approximate surface area is 73.3 Å². The molecule has 1 rings (SSSR count). The van der Waals surface area contributed by atoms with Crippen molar-refractivity contribution in [1.29, 1.82) is 0 Å². The van der Waals surface area contributed by atoms with Crippen molar-refractivity contribution >= 4 is 0 Å². The van der Waals surface area contributed by atoms with Crippen molar-refractivity contribution in [2.24, 2.45) is 5.92 Å². The quantitative estimate of drug-likeness (QED) is 0.744. The van der Waals surface area contributed by atoms with Gasteiger partial charge in [-0.1, -0.05) is 26.3 Å². The molecule has 0 spiro atoms. The third-order valence-corrected chi connectivity index (χ3v) is 2.17. The van der Waals surface area contributed by atoms with Crippen LogP contribution in [0.1, 0.15) is 32.1 Å². The summed E-state index contributed by atoms with van der Waals surface area (Å²) in [5, 5.41) is 9.73. The van der Waals surface area contributed by atoms with E-state index in [2.05, 4.69) is 11.9 Å². The van der Waals surface area contributed by atoms with Crippen LogP contribution in [0.3, 0.4) is 0 Å². The van der Waals surface area contributed by atoms with E-state index < -0.39 is 6.10 Å². The molecule has 0 saturated carbocycles. The van der Waals surface area contributed by atoms with Gasteiger partial charge in [0.05, 0.1) is 11.8 Å². The highest BCUT2D eigenvalue weighted by molar-refractivity contribution is 5.07. The van der Waals surface area contributed by atoms with E-state index in [4.69, 9.17) is 0 Å². The molecule has 0 bridgehead atoms. The number of hydrogen-bond acceptors (Lipinski definition) is 2. The number of aliphatic hydroxyl groups is 1. The molecule has 2 atom stereocenters. The monoisotopic (exact) mass is 165 g/mol. The molecule has 0 aromatic carbocycles. The highest BCUT2D eigenvalue weighted by Crippen LogP contribution is 2.21. The fraction of sp³-hybridized carbons (Fsp3) is 0.500. The van der Waals surface area contributed by atoms with Gasteiger partial charge in [0.1, 0.15) is 0 Å². The Hall–Kier alpha value is -0.890. The maximum Gasteiger partial charge on any atom is 0.0985 e. The van der Waals surface area contributed by atoms with E-state index in [9.17, 15) is 5.11 Å². The molecule has 2 unspecified atom stereocenters. The van der Waals surface area contributed by atoms with Crippen LogP contribution in [0.5, 0.6) is 0 Å². The van der Waals surface area contributed by atoms with Gasteiger partial charge in [-0.15, -0.1) is 0 Å². The normalized spacial score (nSPS) is 15.6. The van der Waals surface area contributed by atoms with Gasteiger partial charge in [0, 0.05) is 6.20 Å². The Balaban J connectivity index is 2.71. The minimum Gasteiger partial charge on any atom is -0.387 e. The maximum absolute atomic E-state index is 9.73. The van der Waals surface area contributed by atoms with Crippen LogP contribution < -0.4 is 0 Å². The minimum atomic E-state index is -0.420. The topological polar surface area (TPSA) is 33.1 Å². The first kappa shape index (κ1) is 9.20. The summed E-state index contributed by atoms with van der Waals surface area (Å²) in [5.74, 6) is 0.278. The Morgan fingerprint density at radius 1 is 1.50 bits per heavy atom. The largest absolute Gasteiger partial charge is 0.387 e. The van der Waals surface area contributed by atoms with Gasteiger partial charge in [-0.05, 0) is 18.1 Å². The van der Waals surface area contributed by atoms with Crippen LogP contribution in [-0.2, 0) is 0 Å². The molecule has 2 nitrogen and oxygen atoms in total. The number of aromatic nitrogens is 1. The lowest BCUT2D eigenvalue weighted by Crippen LogP contribution is -2.09. The Morgan fingerprint density at radius 3 is 2.75 bits per heavy atom. The SMILES string of the molecule is CCC(C)C(O)c1ccccn1. The summed E-state index contributed by atoms with van der Waals surface area (Å²) >= 11 is 0. The number of hydrogen-bond donors (Lipinski definition) is 1. The zero-order chi connectivity index (χ0) is 8.97. The summed E-state index contributed by atoms with van der Waals surface area (Å²) in [6.45, 7) is 4.09. The molecule has 1 heterocycles. The van der Waals surface area contributed by atoms with Crippen LogP contribution >= 0.6 is 0 Å². The van der Waals surface area contributed by atoms with E-state index in [-0.39, 0.29) is 5.92 Å². The molecular weight excluding hydrogens is 150 g/mol. The molecular formula is C10H15NO. The van der Waals surface area contributed by atoms with Crippen molar-refractivity contribution in [3.8, 4) is 0 Å². The summed E-state index contributed by atoms with van der Waals surface area (Å²) in [4.78, 5) is 4.10. The minimum absolute atomic E-state index is 0.278. The summed E-state index contributed by atoms with van der Waals surface area (Å²) in [6, 6.07) is 5.61. The van der Waals surface area contributed by atoms with Crippen LogP contribution in [0.25, 0.3) is 0 Å². The van der Waals surface area contributed by atoms with Crippen LogP contribution in [0.4, 0.5) is 0 Å². The first-order valence-electron chi connectivity index (χ1n) is 4.34. The number of aliphatic hydroxyl groups excluding tert-OH is 1. The first-order valence-corrected chi connectivity index (χ1v) is 4.34. The van der Waals surface area contributed by atoms with Crippen LogP contribution in [0.15, 0.2) is 24.4 Å². The van der Waals surface area contributed by atoms with Gasteiger partial charge in [0.2, 0.25) is 0 Å². The zero-order valence-electron chi connectivity index (χ0n) is 7.57. The molecule has 0 radical (unpaired) electrons. The van der Waals surface area contributed by atoms with Crippen molar-refractivity contribution in [2.75, 3.05) is 0 Å². The van der Waals surface area contributed by atoms with Gasteiger partial charge in [-0.25, -0.2) is 0 Å². The van der Waals surface area contributed by atoms with Gasteiger partial charge >= 0.3 is 0 Å². The second-order valence-corrected chi connectivity index (χ2v) is 3.08. The third kappa shape index (κ3) is 2.05. The van der Waals surface area contributed by atoms with E-state index in [1.807, 2.05) is 25.1 Å². The predicted octanol–water partition coefficient (Wildman–Crippen LogP) is 2.16. The van der Waals surface area contributed by atoms with E-state index in [1.165, 1.54) is 0 Å². The standard InChI is InChI=1S/C10H15NO/c1-3-8(2)10(12)9-6-4-5-7-11-9/h4-8,10,12H,3H2,1-2H3. The van der Waals surface area contributed by atoms with Gasteiger partial charge in [0.25, 0.3) is 0 Å². The van der Waals surface area contributed by atoms with Crippen molar-refractivity contribution in [3.63, 3.8) is 0 Å². The van der Waals surface area contributed by atoms with E-state index in [1.54, 1.807) is 6.20 Å². The third-order valence-electron chi connectivity index (χ3n) is 2.17. The van der Waals surface area contributed by atoms with Crippen molar-refractivity contribution < 1.29 is 5.11 Å². The molecule has 1 N–H and O–H groups in total. The lowest BCUT2D eigenvalue weighted by atomic mass is 9.99. The molecule has 0 aliphatic carbocycles. The van der Waals surface area contributed by atoms with Crippen molar-refractivity contribution in [3.05, 3.63) is 30.1 Å². The molecule has 0 amide bonds. The van der Waals surface area contributed by atoms with Gasteiger partial charge in [0.15, 0.2) is 0 Å². The van der Waals surface area contributed by atoms with Crippen LogP contribution in [-0.4, -0.2) is 10.1 Å². The molecule has 12 heavy (non-hydrogen) atoms. The average molecular weight is 165 g/mol. The summed E-state index contributed by atoms with van der Waals surface area (Å²) in [6.07, 6.45) is 2.26. The van der Waals surface area contributed by atoms with Crippen molar-refractivity contribution in [2.45, 2.75) is 26.4 Å². The molecule has 2 heteroatoms. The molecule has 0 aliphatic heterocycles. The lowest BCUT2D eigenvalue weighted by Gasteiger charge is -2.15. The van der Waals surface area contributed by atoms with Gasteiger partial charge < -0.3 is 5.11 Å². The zero-order valence-corrected chi connectivity index (χ0v) is 7.57. The summed E-state index contributed by atoms with van der Waals surface area (Å²) in [5.41, 5.74) is 0.770. The van der Waals surface area contributed by atoms with Crippen LogP contribution in [0.2, 0.25) is 0 Å². The molecule has 1 aromatic rings. The Kier molecular flexibility index (Phi) is 3.23. The second-order valence-electron chi connectivity index (χ2n) is 3.08. The first-order chi connectivity index (χ1) is 5.75. The molecule has 0 aliphatic rings. The van der Waals surface area contributed by atoms with Crippen molar-refractivity contribution in [1.82, 2.24) is 4.98 Å². The average Bonchev–Trinajstić information content (AvgIpc) is 2.17. The van der Waals surface area contributed by atoms with Gasteiger partial charge in [-0.2, -0.15) is 0 Å². The maximum atomic E-state index is 9.73. The van der Waals surface area contributed by atoms with Gasteiger partial charge in [-0.3, -0.25) is 4.98 Å². The molecule has 1 aromatic heterocycles. The fourth-order valence-corrected chi connectivity index (χ4v) is 1.07. The van der Waals surface area contributed by atoms with Crippen LogP contribution in [0, 0.1) is 5.92 Å². The number of nitrogens with zero attached hydrogens (tertiary/aromatic N) is 1. The van der Waals surface area contributed by atoms with E-state index in [0.29, 0.717) is 0 Å². The lowest BCUT2D eigenvalue weighted by molar-refractivity contribution is 0.111. The molecule has 66 valence electrons. The smallest absolute Gasteiger partial charge is 0.0985 e. The summed E-state index contributed by atoms with van der Waals surface area (Å²) < 4.78 is 0. The van der Waals surface area contributed by atoms with E-state index >= 15 is 0 Å². The fourth-order valence-electron chi connectivity index (χ4n) is 1.07. The predicted molar refractivity (Wildman–Crippen MR) is 48.7 cm³/mol. The van der Waals surface area contributed by atoms with E-state index in [0.717, 1.165) is 12.1 Å². The second kappa shape index (κ2) is 4.21. The molecule has 0 saturated heterocycles. The Morgan fingerprint density at radius 2 is 2.25 bits per heavy atom. The molecule has 0 fully saturated rings.